The van der Waals surface area contributed by atoms with E-state index >= 15 is 0 Å². The summed E-state index contributed by atoms with van der Waals surface area (Å²) in [6.45, 7) is 8.00. The van der Waals surface area contributed by atoms with Gasteiger partial charge >= 0.3 is 0 Å². The van der Waals surface area contributed by atoms with Crippen molar-refractivity contribution in [2.75, 3.05) is 11.8 Å². The normalized spacial score (nSPS) is 11.5. The number of sulfonamides is 1. The summed E-state index contributed by atoms with van der Waals surface area (Å²) in [6, 6.07) is 1.73. The van der Waals surface area contributed by atoms with E-state index in [1.165, 1.54) is 11.0 Å². The summed E-state index contributed by atoms with van der Waals surface area (Å²) in [5.41, 5.74) is 2.09. The molecule has 23 heavy (non-hydrogen) atoms. The molecule has 0 aliphatic rings. The van der Waals surface area contributed by atoms with E-state index < -0.39 is 10.0 Å². The molecule has 126 valence electrons. The highest BCUT2D eigenvalue weighted by Gasteiger charge is 2.23. The van der Waals surface area contributed by atoms with Gasteiger partial charge in [-0.15, -0.1) is 5.10 Å². The summed E-state index contributed by atoms with van der Waals surface area (Å²) in [6.07, 6.45) is 2.28. The molecule has 0 atom stereocenters. The van der Waals surface area contributed by atoms with Crippen molar-refractivity contribution < 1.29 is 13.2 Å². The van der Waals surface area contributed by atoms with Crippen LogP contribution in [0, 0.1) is 20.8 Å². The molecule has 0 spiro atoms. The summed E-state index contributed by atoms with van der Waals surface area (Å²) in [5.74, 6) is 0.888. The molecule has 0 radical (unpaired) electrons. The second-order valence-electron chi connectivity index (χ2n) is 5.41. The Morgan fingerprint density at radius 2 is 1.96 bits per heavy atom. The van der Waals surface area contributed by atoms with Crippen molar-refractivity contribution >= 4 is 15.8 Å². The fourth-order valence-corrected chi connectivity index (χ4v) is 4.00. The Hall–Kier alpha value is -2.09. The molecular weight excluding hydrogens is 316 g/mol. The van der Waals surface area contributed by atoms with Crippen molar-refractivity contribution in [2.45, 2.75) is 45.6 Å². The predicted octanol–water partition coefficient (Wildman–Crippen LogP) is 2.42. The molecule has 1 aromatic heterocycles. The zero-order valence-corrected chi connectivity index (χ0v) is 14.9. The predicted molar refractivity (Wildman–Crippen MR) is 88.3 cm³/mol. The van der Waals surface area contributed by atoms with Crippen molar-refractivity contribution in [2.24, 2.45) is 0 Å². The lowest BCUT2D eigenvalue weighted by Gasteiger charge is -2.16. The standard InChI is InChI=1S/C15H22N4O3S/c1-6-7-19-16-9-14(17-19)18-23(20,21)15-10(2)8-13(22-5)11(3)12(15)4/h8-9H,6-7H2,1-5H3,(H,17,18). The number of benzene rings is 1. The number of nitrogens with one attached hydrogen (secondary N) is 1. The van der Waals surface area contributed by atoms with E-state index in [-0.39, 0.29) is 10.7 Å². The van der Waals surface area contributed by atoms with E-state index in [0.717, 1.165) is 12.0 Å². The number of anilines is 1. The van der Waals surface area contributed by atoms with Crippen LogP contribution in [0.2, 0.25) is 0 Å². The molecule has 1 heterocycles. The quantitative estimate of drug-likeness (QED) is 0.874. The minimum absolute atomic E-state index is 0.214. The van der Waals surface area contributed by atoms with Gasteiger partial charge in [-0.25, -0.2) is 8.42 Å². The Morgan fingerprint density at radius 3 is 2.57 bits per heavy atom. The van der Waals surface area contributed by atoms with Crippen molar-refractivity contribution in [1.29, 1.82) is 0 Å². The fourth-order valence-electron chi connectivity index (χ4n) is 2.49. The lowest BCUT2D eigenvalue weighted by molar-refractivity contribution is 0.410. The van der Waals surface area contributed by atoms with E-state index in [2.05, 4.69) is 14.9 Å². The molecule has 7 nitrogen and oxygen atoms in total. The van der Waals surface area contributed by atoms with Gasteiger partial charge in [-0.05, 0) is 49.9 Å². The highest BCUT2D eigenvalue weighted by molar-refractivity contribution is 7.92. The van der Waals surface area contributed by atoms with Crippen LogP contribution in [0.25, 0.3) is 0 Å². The van der Waals surface area contributed by atoms with Crippen LogP contribution in [0.4, 0.5) is 5.82 Å². The number of aromatic nitrogens is 3. The third kappa shape index (κ3) is 3.47. The zero-order chi connectivity index (χ0) is 17.2. The molecule has 8 heteroatoms. The summed E-state index contributed by atoms with van der Waals surface area (Å²) in [7, 11) is -2.18. The Morgan fingerprint density at radius 1 is 1.26 bits per heavy atom. The van der Waals surface area contributed by atoms with Gasteiger partial charge in [0.2, 0.25) is 0 Å². The summed E-state index contributed by atoms with van der Waals surface area (Å²) >= 11 is 0. The third-order valence-electron chi connectivity index (χ3n) is 3.67. The van der Waals surface area contributed by atoms with Gasteiger partial charge < -0.3 is 4.74 Å². The van der Waals surface area contributed by atoms with Crippen LogP contribution in [0.1, 0.15) is 30.0 Å². The van der Waals surface area contributed by atoms with Crippen LogP contribution in [0.3, 0.4) is 0 Å². The lowest BCUT2D eigenvalue weighted by atomic mass is 10.1. The van der Waals surface area contributed by atoms with Gasteiger partial charge in [0.15, 0.2) is 5.82 Å². The molecule has 0 aliphatic carbocycles. The summed E-state index contributed by atoms with van der Waals surface area (Å²) < 4.78 is 33.2. The molecule has 0 amide bonds. The van der Waals surface area contributed by atoms with Crippen molar-refractivity contribution in [3.8, 4) is 5.75 Å². The first kappa shape index (κ1) is 17.3. The Kier molecular flexibility index (Phi) is 4.93. The van der Waals surface area contributed by atoms with Gasteiger partial charge in [-0.2, -0.15) is 9.90 Å². The molecule has 2 rings (SSSR count). The Labute approximate surface area is 136 Å². The fraction of sp³-hybridized carbons (Fsp3) is 0.467. The van der Waals surface area contributed by atoms with Crippen LogP contribution < -0.4 is 9.46 Å². The van der Waals surface area contributed by atoms with E-state index in [1.54, 1.807) is 27.0 Å². The Bertz CT molecular complexity index is 812. The van der Waals surface area contributed by atoms with Crippen LogP contribution in [0.5, 0.6) is 5.75 Å². The molecule has 0 bridgehead atoms. The summed E-state index contributed by atoms with van der Waals surface area (Å²) in [5, 5.41) is 8.15. The minimum Gasteiger partial charge on any atom is -0.496 e. The van der Waals surface area contributed by atoms with E-state index in [1.807, 2.05) is 13.8 Å². The topological polar surface area (TPSA) is 86.1 Å². The lowest BCUT2D eigenvalue weighted by Crippen LogP contribution is -2.17. The van der Waals surface area contributed by atoms with Gasteiger partial charge in [-0.3, -0.25) is 4.72 Å². The van der Waals surface area contributed by atoms with Gasteiger partial charge in [0.05, 0.1) is 24.7 Å². The Balaban J connectivity index is 2.41. The largest absolute Gasteiger partial charge is 0.496 e. The molecule has 0 aliphatic heterocycles. The number of methoxy groups -OCH3 is 1. The van der Waals surface area contributed by atoms with Crippen LogP contribution in [-0.2, 0) is 16.6 Å². The summed E-state index contributed by atoms with van der Waals surface area (Å²) in [4.78, 5) is 1.72. The van der Waals surface area contributed by atoms with E-state index in [0.29, 0.717) is 23.4 Å². The minimum atomic E-state index is -3.75. The average Bonchev–Trinajstić information content (AvgIpc) is 2.89. The highest BCUT2D eigenvalue weighted by atomic mass is 32.2. The molecule has 1 N–H and O–H groups in total. The van der Waals surface area contributed by atoms with Crippen LogP contribution >= 0.6 is 0 Å². The highest BCUT2D eigenvalue weighted by Crippen LogP contribution is 2.31. The zero-order valence-electron chi connectivity index (χ0n) is 14.0. The molecule has 1 aromatic carbocycles. The van der Waals surface area contributed by atoms with Gasteiger partial charge in [0.1, 0.15) is 5.75 Å². The van der Waals surface area contributed by atoms with Crippen molar-refractivity contribution in [1.82, 2.24) is 15.0 Å². The number of hydrogen-bond acceptors (Lipinski definition) is 5. The van der Waals surface area contributed by atoms with Gasteiger partial charge in [0, 0.05) is 0 Å². The van der Waals surface area contributed by atoms with E-state index in [4.69, 9.17) is 4.74 Å². The van der Waals surface area contributed by atoms with Crippen molar-refractivity contribution in [3.05, 3.63) is 29.0 Å². The SMILES string of the molecule is CCCn1ncc(NS(=O)(=O)c2c(C)cc(OC)c(C)c2C)n1. The smallest absolute Gasteiger partial charge is 0.263 e. The molecule has 0 saturated carbocycles. The number of aryl methyl sites for hydroxylation is 2. The maximum absolute atomic E-state index is 12.7. The number of nitrogens with zero attached hydrogens (tertiary/aromatic N) is 3. The molecule has 0 saturated heterocycles. The second kappa shape index (κ2) is 6.57. The molecule has 0 fully saturated rings. The third-order valence-corrected chi connectivity index (χ3v) is 5.31. The van der Waals surface area contributed by atoms with Crippen molar-refractivity contribution in [3.63, 3.8) is 0 Å². The molecule has 2 aromatic rings. The van der Waals surface area contributed by atoms with Gasteiger partial charge in [0.25, 0.3) is 10.0 Å². The van der Waals surface area contributed by atoms with Crippen LogP contribution in [0.15, 0.2) is 17.2 Å². The van der Waals surface area contributed by atoms with Crippen LogP contribution in [-0.4, -0.2) is 30.5 Å². The first-order valence-corrected chi connectivity index (χ1v) is 8.86. The molecule has 0 unspecified atom stereocenters. The number of ether oxygens (including phenoxy) is 1. The molecular formula is C15H22N4O3S. The maximum atomic E-state index is 12.7. The maximum Gasteiger partial charge on any atom is 0.263 e. The second-order valence-corrected chi connectivity index (χ2v) is 7.03. The number of rotatable bonds is 6. The first-order valence-electron chi connectivity index (χ1n) is 7.38. The number of hydrogen-bond donors (Lipinski definition) is 1. The first-order chi connectivity index (χ1) is 10.8. The monoisotopic (exact) mass is 338 g/mol. The van der Waals surface area contributed by atoms with Gasteiger partial charge in [-0.1, -0.05) is 6.92 Å². The van der Waals surface area contributed by atoms with E-state index in [9.17, 15) is 8.42 Å². The average molecular weight is 338 g/mol.